The van der Waals surface area contributed by atoms with Gasteiger partial charge in [0.25, 0.3) is 0 Å². The highest BCUT2D eigenvalue weighted by Gasteiger charge is 2.22. The fourth-order valence-corrected chi connectivity index (χ4v) is 1.94. The van der Waals surface area contributed by atoms with E-state index in [0.29, 0.717) is 18.1 Å². The van der Waals surface area contributed by atoms with Crippen molar-refractivity contribution < 1.29 is 14.3 Å². The van der Waals surface area contributed by atoms with Crippen molar-refractivity contribution in [2.24, 2.45) is 0 Å². The molecule has 0 radical (unpaired) electrons. The van der Waals surface area contributed by atoms with Gasteiger partial charge in [-0.2, -0.15) is 10.1 Å². The molecule has 0 amide bonds. The Labute approximate surface area is 122 Å². The van der Waals surface area contributed by atoms with Crippen LogP contribution in [-0.4, -0.2) is 39.8 Å². The molecule has 0 aromatic carbocycles. The largest absolute Gasteiger partial charge is 0.480 e. The number of hydrogen-bond donors (Lipinski definition) is 0. The zero-order valence-electron chi connectivity index (χ0n) is 12.6. The molecule has 0 fully saturated rings. The zero-order chi connectivity index (χ0) is 15.4. The van der Waals surface area contributed by atoms with E-state index in [4.69, 9.17) is 9.47 Å². The highest BCUT2D eigenvalue weighted by Crippen LogP contribution is 2.20. The molecule has 0 bridgehead atoms. The van der Waals surface area contributed by atoms with Gasteiger partial charge >= 0.3 is 0 Å². The van der Waals surface area contributed by atoms with Gasteiger partial charge < -0.3 is 9.47 Å². The summed E-state index contributed by atoms with van der Waals surface area (Å²) < 4.78 is 11.8. The average molecular weight is 290 g/mol. The van der Waals surface area contributed by atoms with E-state index < -0.39 is 0 Å². The number of carbonyl (C=O) groups excluding carboxylic acids is 1. The monoisotopic (exact) mass is 290 g/mol. The molecule has 2 rings (SSSR count). The number of aromatic nitrogens is 4. The Morgan fingerprint density at radius 1 is 1.29 bits per heavy atom. The molecular weight excluding hydrogens is 272 g/mol. The highest BCUT2D eigenvalue weighted by molar-refractivity contribution is 6.08. The maximum absolute atomic E-state index is 12.7. The van der Waals surface area contributed by atoms with Crippen LogP contribution in [-0.2, 0) is 13.0 Å². The third-order valence-electron chi connectivity index (χ3n) is 3.06. The van der Waals surface area contributed by atoms with Gasteiger partial charge in [0.05, 0.1) is 26.1 Å². The molecule has 2 aromatic heterocycles. The third kappa shape index (κ3) is 2.86. The number of ether oxygens (including phenoxy) is 2. The van der Waals surface area contributed by atoms with E-state index in [0.717, 1.165) is 12.1 Å². The second-order valence-corrected chi connectivity index (χ2v) is 4.29. The maximum Gasteiger partial charge on any atom is 0.247 e. The summed E-state index contributed by atoms with van der Waals surface area (Å²) in [6.07, 6.45) is 2.15. The van der Waals surface area contributed by atoms with Gasteiger partial charge in [0, 0.05) is 6.54 Å². The van der Waals surface area contributed by atoms with Crippen molar-refractivity contribution in [1.29, 1.82) is 0 Å². The van der Waals surface area contributed by atoms with E-state index in [1.165, 1.54) is 20.4 Å². The van der Waals surface area contributed by atoms with E-state index in [9.17, 15) is 4.79 Å². The molecule has 7 heteroatoms. The maximum atomic E-state index is 12.7. The molecule has 21 heavy (non-hydrogen) atoms. The minimum Gasteiger partial charge on any atom is -0.480 e. The van der Waals surface area contributed by atoms with Crippen LogP contribution in [0.4, 0.5) is 0 Å². The highest BCUT2D eigenvalue weighted by atomic mass is 16.5. The summed E-state index contributed by atoms with van der Waals surface area (Å²) in [6.45, 7) is 4.53. The van der Waals surface area contributed by atoms with Crippen molar-refractivity contribution in [3.63, 3.8) is 0 Å². The molecule has 7 nitrogen and oxygen atoms in total. The molecule has 0 N–H and O–H groups in total. The lowest BCUT2D eigenvalue weighted by molar-refractivity contribution is 0.102. The second-order valence-electron chi connectivity index (χ2n) is 4.29. The van der Waals surface area contributed by atoms with Gasteiger partial charge in [-0.05, 0) is 19.4 Å². The SMILES string of the molecule is CCc1cc(C(=O)c2ncc(OC)nc2OC)n(CC)n1. The van der Waals surface area contributed by atoms with E-state index in [2.05, 4.69) is 15.1 Å². The number of nitrogens with zero attached hydrogens (tertiary/aromatic N) is 4. The second kappa shape index (κ2) is 6.34. The molecule has 2 heterocycles. The van der Waals surface area contributed by atoms with E-state index in [1.807, 2.05) is 13.8 Å². The van der Waals surface area contributed by atoms with E-state index in [-0.39, 0.29) is 17.4 Å². The smallest absolute Gasteiger partial charge is 0.247 e. The minimum atomic E-state index is -0.268. The molecule has 0 saturated heterocycles. The van der Waals surface area contributed by atoms with Crippen molar-refractivity contribution >= 4 is 5.78 Å². The lowest BCUT2D eigenvalue weighted by atomic mass is 10.2. The van der Waals surface area contributed by atoms with Crippen molar-refractivity contribution in [1.82, 2.24) is 19.7 Å². The first-order valence-corrected chi connectivity index (χ1v) is 6.71. The molecule has 0 aliphatic heterocycles. The summed E-state index contributed by atoms with van der Waals surface area (Å²) in [4.78, 5) is 20.8. The van der Waals surface area contributed by atoms with E-state index in [1.54, 1.807) is 10.7 Å². The van der Waals surface area contributed by atoms with Crippen LogP contribution in [0.15, 0.2) is 12.3 Å². The quantitative estimate of drug-likeness (QED) is 0.750. The number of rotatable bonds is 6. The van der Waals surface area contributed by atoms with Gasteiger partial charge in [-0.15, -0.1) is 0 Å². The van der Waals surface area contributed by atoms with Gasteiger partial charge in [0.1, 0.15) is 5.69 Å². The van der Waals surface area contributed by atoms with Gasteiger partial charge in [-0.25, -0.2) is 4.98 Å². The van der Waals surface area contributed by atoms with Crippen LogP contribution in [0.2, 0.25) is 0 Å². The molecule has 2 aromatic rings. The predicted molar refractivity (Wildman–Crippen MR) is 75.8 cm³/mol. The number of carbonyl (C=O) groups is 1. The summed E-state index contributed by atoms with van der Waals surface area (Å²) in [5.41, 5.74) is 1.49. The van der Waals surface area contributed by atoms with Crippen LogP contribution in [0.3, 0.4) is 0 Å². The normalized spacial score (nSPS) is 10.5. The van der Waals surface area contributed by atoms with Crippen molar-refractivity contribution in [3.05, 3.63) is 29.3 Å². The molecule has 0 spiro atoms. The molecule has 0 atom stereocenters. The third-order valence-corrected chi connectivity index (χ3v) is 3.06. The first-order chi connectivity index (χ1) is 10.1. The van der Waals surface area contributed by atoms with Gasteiger partial charge in [0.2, 0.25) is 17.5 Å². The van der Waals surface area contributed by atoms with Crippen LogP contribution in [0.5, 0.6) is 11.8 Å². The minimum absolute atomic E-state index is 0.140. The Morgan fingerprint density at radius 2 is 2.05 bits per heavy atom. The fraction of sp³-hybridized carbons (Fsp3) is 0.429. The van der Waals surface area contributed by atoms with Gasteiger partial charge in [-0.3, -0.25) is 9.48 Å². The predicted octanol–water partition coefficient (Wildman–Crippen LogP) is 1.50. The summed E-state index contributed by atoms with van der Waals surface area (Å²) in [6, 6.07) is 1.77. The van der Waals surface area contributed by atoms with Crippen molar-refractivity contribution in [2.45, 2.75) is 26.8 Å². The van der Waals surface area contributed by atoms with Crippen LogP contribution >= 0.6 is 0 Å². The number of aryl methyl sites for hydroxylation is 2. The average Bonchev–Trinajstić information content (AvgIpc) is 2.96. The molecule has 0 unspecified atom stereocenters. The molecule has 0 aliphatic rings. The van der Waals surface area contributed by atoms with Gasteiger partial charge in [0.15, 0.2) is 5.69 Å². The lowest BCUT2D eigenvalue weighted by Gasteiger charge is -2.08. The Morgan fingerprint density at radius 3 is 2.62 bits per heavy atom. The summed E-state index contributed by atoms with van der Waals surface area (Å²) in [7, 11) is 2.92. The summed E-state index contributed by atoms with van der Waals surface area (Å²) in [5, 5.41) is 4.37. The topological polar surface area (TPSA) is 79.1 Å². The molecular formula is C14H18N4O3. The van der Waals surface area contributed by atoms with Crippen LogP contribution < -0.4 is 9.47 Å². The Balaban J connectivity index is 2.46. The summed E-state index contributed by atoms with van der Waals surface area (Å²) in [5.74, 6) is 0.166. The fourth-order valence-electron chi connectivity index (χ4n) is 1.94. The Kier molecular flexibility index (Phi) is 4.52. The molecule has 0 saturated carbocycles. The van der Waals surface area contributed by atoms with Crippen LogP contribution in [0.1, 0.15) is 35.7 Å². The Bertz CT molecular complexity index is 652. The lowest BCUT2D eigenvalue weighted by Crippen LogP contribution is -2.14. The van der Waals surface area contributed by atoms with Crippen LogP contribution in [0, 0.1) is 0 Å². The first kappa shape index (κ1) is 15.0. The number of ketones is 1. The zero-order valence-corrected chi connectivity index (χ0v) is 12.6. The van der Waals surface area contributed by atoms with Crippen molar-refractivity contribution in [3.8, 4) is 11.8 Å². The van der Waals surface area contributed by atoms with Gasteiger partial charge in [-0.1, -0.05) is 6.92 Å². The number of hydrogen-bond acceptors (Lipinski definition) is 6. The van der Waals surface area contributed by atoms with E-state index >= 15 is 0 Å². The molecule has 112 valence electrons. The standard InChI is InChI=1S/C14H18N4O3/c1-5-9-7-10(18(6-2)17-9)13(19)12-14(21-4)16-11(20-3)8-15-12/h7-8H,5-6H2,1-4H3. The number of methoxy groups -OCH3 is 2. The molecule has 0 aliphatic carbocycles. The Hall–Kier alpha value is -2.44. The van der Waals surface area contributed by atoms with Crippen molar-refractivity contribution in [2.75, 3.05) is 14.2 Å². The first-order valence-electron chi connectivity index (χ1n) is 6.71. The van der Waals surface area contributed by atoms with Crippen LogP contribution in [0.25, 0.3) is 0 Å². The summed E-state index contributed by atoms with van der Waals surface area (Å²) >= 11 is 0.